The number of aliphatic hydroxyl groups is 1. The van der Waals surface area contributed by atoms with Crippen molar-refractivity contribution in [2.45, 2.75) is 45.1 Å². The summed E-state index contributed by atoms with van der Waals surface area (Å²) < 4.78 is 10.2. The van der Waals surface area contributed by atoms with Gasteiger partial charge in [0.25, 0.3) is 5.91 Å². The Morgan fingerprint density at radius 1 is 1.13 bits per heavy atom. The van der Waals surface area contributed by atoms with Crippen LogP contribution in [0.4, 0.5) is 5.00 Å². The van der Waals surface area contributed by atoms with E-state index in [1.807, 2.05) is 30.3 Å². The number of benzene rings is 1. The molecule has 8 heteroatoms. The minimum Gasteiger partial charge on any atom is -0.462 e. The zero-order chi connectivity index (χ0) is 21.7. The summed E-state index contributed by atoms with van der Waals surface area (Å²) in [4.78, 5) is 37.9. The maximum absolute atomic E-state index is 12.5. The summed E-state index contributed by atoms with van der Waals surface area (Å²) in [6, 6.07) is 9.52. The molecule has 3 rings (SSSR count). The molecule has 0 saturated heterocycles. The molecule has 1 aromatic carbocycles. The normalized spacial score (nSPS) is 14.9. The van der Waals surface area contributed by atoms with Crippen molar-refractivity contribution in [3.8, 4) is 10.4 Å². The van der Waals surface area contributed by atoms with Gasteiger partial charge in [-0.1, -0.05) is 30.3 Å². The standard InChI is InChI=1S/C22H25NO6S/c1-3-28-20(25)17-14(2)18(15-9-5-4-6-10-15)30-19(17)23-16(24)13-29-21(26)22(27)11-7-8-12-22/h4-6,9-10,27H,3,7-8,11-13H2,1-2H3,(H,23,24). The van der Waals surface area contributed by atoms with Crippen LogP contribution in [0.2, 0.25) is 0 Å². The molecule has 1 aliphatic carbocycles. The average Bonchev–Trinajstić information content (AvgIpc) is 3.31. The molecule has 1 saturated carbocycles. The third-order valence-electron chi connectivity index (χ3n) is 5.06. The fourth-order valence-corrected chi connectivity index (χ4v) is 4.72. The predicted molar refractivity (Wildman–Crippen MR) is 113 cm³/mol. The van der Waals surface area contributed by atoms with Gasteiger partial charge in [0, 0.05) is 4.88 Å². The maximum Gasteiger partial charge on any atom is 0.341 e. The lowest BCUT2D eigenvalue weighted by molar-refractivity contribution is -0.166. The lowest BCUT2D eigenvalue weighted by atomic mass is 10.0. The molecular weight excluding hydrogens is 406 g/mol. The van der Waals surface area contributed by atoms with E-state index in [0.29, 0.717) is 23.4 Å². The Balaban J connectivity index is 1.77. The summed E-state index contributed by atoms with van der Waals surface area (Å²) in [5.41, 5.74) is 0.407. The number of nitrogens with one attached hydrogen (secondary N) is 1. The van der Waals surface area contributed by atoms with Crippen LogP contribution in [0.3, 0.4) is 0 Å². The van der Waals surface area contributed by atoms with Gasteiger partial charge in [0.2, 0.25) is 0 Å². The van der Waals surface area contributed by atoms with Gasteiger partial charge in [0.1, 0.15) is 5.00 Å². The minimum atomic E-state index is -1.50. The van der Waals surface area contributed by atoms with Crippen LogP contribution in [-0.2, 0) is 19.1 Å². The van der Waals surface area contributed by atoms with Gasteiger partial charge in [-0.3, -0.25) is 4.79 Å². The third kappa shape index (κ3) is 4.71. The van der Waals surface area contributed by atoms with Crippen molar-refractivity contribution in [2.75, 3.05) is 18.5 Å². The molecule has 0 bridgehead atoms. The van der Waals surface area contributed by atoms with E-state index < -0.39 is 30.1 Å². The van der Waals surface area contributed by atoms with Gasteiger partial charge in [-0.25, -0.2) is 9.59 Å². The second-order valence-corrected chi connectivity index (χ2v) is 8.23. The van der Waals surface area contributed by atoms with E-state index >= 15 is 0 Å². The number of hydrogen-bond acceptors (Lipinski definition) is 7. The molecule has 2 N–H and O–H groups in total. The number of thiophene rings is 1. The predicted octanol–water partition coefficient (Wildman–Crippen LogP) is 3.69. The third-order valence-corrected chi connectivity index (χ3v) is 6.32. The Bertz CT molecular complexity index is 931. The number of ether oxygens (including phenoxy) is 2. The molecule has 0 unspecified atom stereocenters. The highest BCUT2D eigenvalue weighted by molar-refractivity contribution is 7.20. The van der Waals surface area contributed by atoms with Crippen LogP contribution in [0.25, 0.3) is 10.4 Å². The molecule has 0 spiro atoms. The molecule has 1 amide bonds. The maximum atomic E-state index is 12.5. The number of esters is 2. The summed E-state index contributed by atoms with van der Waals surface area (Å²) in [5, 5.41) is 13.2. The zero-order valence-electron chi connectivity index (χ0n) is 17.0. The fourth-order valence-electron chi connectivity index (χ4n) is 3.51. The Morgan fingerprint density at radius 2 is 1.80 bits per heavy atom. The van der Waals surface area contributed by atoms with Crippen molar-refractivity contribution < 1.29 is 29.0 Å². The van der Waals surface area contributed by atoms with Gasteiger partial charge in [0.05, 0.1) is 12.2 Å². The summed E-state index contributed by atoms with van der Waals surface area (Å²) >= 11 is 1.26. The second kappa shape index (κ2) is 9.40. The Morgan fingerprint density at radius 3 is 2.43 bits per heavy atom. The average molecular weight is 432 g/mol. The number of carbonyl (C=O) groups is 3. The van der Waals surface area contributed by atoms with Gasteiger partial charge in [-0.05, 0) is 50.7 Å². The highest BCUT2D eigenvalue weighted by atomic mass is 32.1. The molecular formula is C22H25NO6S. The van der Waals surface area contributed by atoms with Crippen LogP contribution < -0.4 is 5.32 Å². The highest BCUT2D eigenvalue weighted by Gasteiger charge is 2.40. The van der Waals surface area contributed by atoms with Crippen molar-refractivity contribution in [1.29, 1.82) is 0 Å². The first-order valence-electron chi connectivity index (χ1n) is 9.91. The molecule has 0 atom stereocenters. The first kappa shape index (κ1) is 22.0. The number of anilines is 1. The van der Waals surface area contributed by atoms with Gasteiger partial charge in [0.15, 0.2) is 12.2 Å². The molecule has 160 valence electrons. The Kier molecular flexibility index (Phi) is 6.89. The van der Waals surface area contributed by atoms with E-state index in [1.54, 1.807) is 13.8 Å². The summed E-state index contributed by atoms with van der Waals surface area (Å²) in [6.45, 7) is 3.18. The van der Waals surface area contributed by atoms with Crippen molar-refractivity contribution >= 4 is 34.2 Å². The van der Waals surface area contributed by atoms with Gasteiger partial charge in [-0.15, -0.1) is 11.3 Å². The first-order valence-corrected chi connectivity index (χ1v) is 10.7. The van der Waals surface area contributed by atoms with Crippen LogP contribution >= 0.6 is 11.3 Å². The van der Waals surface area contributed by atoms with E-state index in [4.69, 9.17) is 9.47 Å². The molecule has 0 radical (unpaired) electrons. The molecule has 7 nitrogen and oxygen atoms in total. The zero-order valence-corrected chi connectivity index (χ0v) is 17.8. The Labute approximate surface area is 179 Å². The van der Waals surface area contributed by atoms with Crippen molar-refractivity contribution in [2.24, 2.45) is 0 Å². The SMILES string of the molecule is CCOC(=O)c1c(NC(=O)COC(=O)C2(O)CCCC2)sc(-c2ccccc2)c1C. The smallest absolute Gasteiger partial charge is 0.341 e. The van der Waals surface area contributed by atoms with Crippen molar-refractivity contribution in [3.63, 3.8) is 0 Å². The van der Waals surface area contributed by atoms with E-state index in [1.165, 1.54) is 11.3 Å². The summed E-state index contributed by atoms with van der Waals surface area (Å²) in [7, 11) is 0. The molecule has 2 aromatic rings. The van der Waals surface area contributed by atoms with Crippen LogP contribution in [0, 0.1) is 6.92 Å². The summed E-state index contributed by atoms with van der Waals surface area (Å²) in [5.74, 6) is -1.90. The lowest BCUT2D eigenvalue weighted by Crippen LogP contribution is -2.38. The number of carbonyl (C=O) groups excluding carboxylic acids is 3. The number of amides is 1. The van der Waals surface area contributed by atoms with E-state index in [9.17, 15) is 19.5 Å². The van der Waals surface area contributed by atoms with E-state index in [-0.39, 0.29) is 12.2 Å². The molecule has 1 fully saturated rings. The largest absolute Gasteiger partial charge is 0.462 e. The van der Waals surface area contributed by atoms with Crippen LogP contribution in [-0.4, -0.2) is 41.8 Å². The molecule has 1 heterocycles. The van der Waals surface area contributed by atoms with E-state index in [2.05, 4.69) is 5.32 Å². The van der Waals surface area contributed by atoms with Crippen molar-refractivity contribution in [3.05, 3.63) is 41.5 Å². The fraction of sp³-hybridized carbons (Fsp3) is 0.409. The first-order chi connectivity index (χ1) is 14.4. The summed E-state index contributed by atoms with van der Waals surface area (Å²) in [6.07, 6.45) is 2.17. The van der Waals surface area contributed by atoms with Gasteiger partial charge < -0.3 is 19.9 Å². The Hall–Kier alpha value is -2.71. The molecule has 30 heavy (non-hydrogen) atoms. The molecule has 1 aliphatic rings. The topological polar surface area (TPSA) is 102 Å². The molecule has 1 aromatic heterocycles. The highest BCUT2D eigenvalue weighted by Crippen LogP contribution is 2.40. The molecule has 0 aliphatic heterocycles. The van der Waals surface area contributed by atoms with Gasteiger partial charge >= 0.3 is 11.9 Å². The second-order valence-electron chi connectivity index (χ2n) is 7.21. The number of hydrogen-bond donors (Lipinski definition) is 2. The quantitative estimate of drug-likeness (QED) is 0.649. The lowest BCUT2D eigenvalue weighted by Gasteiger charge is -2.19. The number of rotatable bonds is 7. The monoisotopic (exact) mass is 431 g/mol. The van der Waals surface area contributed by atoms with Crippen molar-refractivity contribution in [1.82, 2.24) is 0 Å². The van der Waals surface area contributed by atoms with Crippen LogP contribution in [0.5, 0.6) is 0 Å². The minimum absolute atomic E-state index is 0.207. The van der Waals surface area contributed by atoms with Crippen LogP contribution in [0.1, 0.15) is 48.5 Å². The van der Waals surface area contributed by atoms with E-state index in [0.717, 1.165) is 23.3 Å². The van der Waals surface area contributed by atoms with Gasteiger partial charge in [-0.2, -0.15) is 0 Å². The van der Waals surface area contributed by atoms with Crippen LogP contribution in [0.15, 0.2) is 30.3 Å².